The lowest BCUT2D eigenvalue weighted by molar-refractivity contribution is 0.174. The van der Waals surface area contributed by atoms with Gasteiger partial charge >= 0.3 is 6.03 Å². The van der Waals surface area contributed by atoms with Crippen molar-refractivity contribution >= 4 is 34.2 Å². The molecule has 6 nitrogen and oxygen atoms in total. The van der Waals surface area contributed by atoms with Crippen LogP contribution in [0.25, 0.3) is 22.0 Å². The topological polar surface area (TPSA) is 66.6 Å². The van der Waals surface area contributed by atoms with Gasteiger partial charge in [0.2, 0.25) is 6.79 Å². The van der Waals surface area contributed by atoms with E-state index in [0.717, 1.165) is 33.8 Å². The van der Waals surface area contributed by atoms with Crippen molar-refractivity contribution in [1.82, 2.24) is 9.88 Å². The summed E-state index contributed by atoms with van der Waals surface area (Å²) in [5.41, 5.74) is 5.41. The van der Waals surface area contributed by atoms with Crippen LogP contribution in [0.1, 0.15) is 11.1 Å². The highest BCUT2D eigenvalue weighted by Gasteiger charge is 2.25. The van der Waals surface area contributed by atoms with Gasteiger partial charge < -0.3 is 24.7 Å². The van der Waals surface area contributed by atoms with Crippen LogP contribution in [0.4, 0.5) is 14.9 Å². The molecule has 32 heavy (non-hydrogen) atoms. The lowest BCUT2D eigenvalue weighted by atomic mass is 10.0. The second-order valence-corrected chi connectivity index (χ2v) is 8.26. The van der Waals surface area contributed by atoms with Crippen LogP contribution in [-0.2, 0) is 13.1 Å². The molecule has 0 unspecified atom stereocenters. The van der Waals surface area contributed by atoms with E-state index in [-0.39, 0.29) is 17.8 Å². The average Bonchev–Trinajstić information content (AvgIpc) is 3.52. The first-order chi connectivity index (χ1) is 15.5. The van der Waals surface area contributed by atoms with E-state index in [2.05, 4.69) is 22.4 Å². The van der Waals surface area contributed by atoms with Gasteiger partial charge in [0.15, 0.2) is 11.5 Å². The number of benzene rings is 3. The Morgan fingerprint density at radius 2 is 1.78 bits per heavy atom. The molecule has 0 saturated carbocycles. The highest BCUT2D eigenvalue weighted by molar-refractivity contribution is 6.31. The Bertz CT molecular complexity index is 1400. The molecule has 0 bridgehead atoms. The number of nitrogens with one attached hydrogen (secondary N) is 2. The van der Waals surface area contributed by atoms with Crippen LogP contribution in [0.5, 0.6) is 11.5 Å². The molecule has 3 aromatic carbocycles. The van der Waals surface area contributed by atoms with E-state index >= 15 is 0 Å². The SMILES string of the molecule is O=C(Nc1c[nH]c2cc(F)c(Cl)cc12)N1Cc2ccc(-c3ccc4c(c3)OCO4)cc2C1. The third kappa shape index (κ3) is 3.13. The molecule has 0 aliphatic carbocycles. The van der Waals surface area contributed by atoms with Crippen LogP contribution >= 0.6 is 11.6 Å². The molecule has 0 spiro atoms. The van der Waals surface area contributed by atoms with Crippen LogP contribution in [0.2, 0.25) is 5.02 Å². The fraction of sp³-hybridized carbons (Fsp3) is 0.125. The largest absolute Gasteiger partial charge is 0.454 e. The van der Waals surface area contributed by atoms with Crippen molar-refractivity contribution < 1.29 is 18.7 Å². The number of nitrogens with zero attached hydrogens (tertiary/aromatic N) is 1. The van der Waals surface area contributed by atoms with Crippen molar-refractivity contribution in [2.24, 2.45) is 0 Å². The Morgan fingerprint density at radius 3 is 2.69 bits per heavy atom. The molecule has 2 N–H and O–H groups in total. The van der Waals surface area contributed by atoms with Gasteiger partial charge in [-0.25, -0.2) is 9.18 Å². The normalized spacial score (nSPS) is 14.1. The third-order valence-corrected chi connectivity index (χ3v) is 6.18. The third-order valence-electron chi connectivity index (χ3n) is 5.89. The summed E-state index contributed by atoms with van der Waals surface area (Å²) in [6.45, 7) is 1.25. The van der Waals surface area contributed by atoms with Gasteiger partial charge in [-0.2, -0.15) is 0 Å². The maximum Gasteiger partial charge on any atom is 0.322 e. The summed E-state index contributed by atoms with van der Waals surface area (Å²) in [7, 11) is 0. The van der Waals surface area contributed by atoms with Gasteiger partial charge in [0.1, 0.15) is 5.82 Å². The summed E-state index contributed by atoms with van der Waals surface area (Å²) in [6.07, 6.45) is 1.64. The first kappa shape index (κ1) is 19.0. The predicted molar refractivity (Wildman–Crippen MR) is 120 cm³/mol. The zero-order valence-corrected chi connectivity index (χ0v) is 17.5. The molecular weight excluding hydrogens is 433 g/mol. The Balaban J connectivity index is 1.21. The van der Waals surface area contributed by atoms with Crippen molar-refractivity contribution in [3.8, 4) is 22.6 Å². The molecule has 2 amide bonds. The molecule has 160 valence electrons. The van der Waals surface area contributed by atoms with Crippen LogP contribution in [0.15, 0.2) is 54.7 Å². The molecule has 8 heteroatoms. The summed E-state index contributed by atoms with van der Waals surface area (Å²) in [5, 5.41) is 3.58. The molecule has 6 rings (SSSR count). The summed E-state index contributed by atoms with van der Waals surface area (Å²) in [5.74, 6) is 0.980. The van der Waals surface area contributed by atoms with Crippen LogP contribution in [0.3, 0.4) is 0 Å². The molecule has 2 aliphatic heterocycles. The van der Waals surface area contributed by atoms with Gasteiger partial charge in [-0.3, -0.25) is 0 Å². The maximum atomic E-state index is 13.7. The number of aromatic amines is 1. The van der Waals surface area contributed by atoms with Crippen molar-refractivity contribution in [3.05, 3.63) is 76.7 Å². The van der Waals surface area contributed by atoms with Crippen molar-refractivity contribution in [2.45, 2.75) is 13.1 Å². The minimum atomic E-state index is -0.507. The zero-order valence-electron chi connectivity index (χ0n) is 16.7. The number of H-pyrrole nitrogens is 1. The molecule has 0 atom stereocenters. The highest BCUT2D eigenvalue weighted by atomic mass is 35.5. The number of halogens is 2. The lowest BCUT2D eigenvalue weighted by Gasteiger charge is -2.16. The number of hydrogen-bond acceptors (Lipinski definition) is 3. The number of ether oxygens (including phenoxy) is 2. The molecule has 0 fully saturated rings. The standard InChI is InChI=1S/C24H17ClFN3O3/c25-18-7-17-20(8-19(18)26)27-9-21(17)28-24(30)29-10-15-2-1-13(5-16(15)11-29)14-3-4-22-23(6-14)32-12-31-22/h1-9,27H,10-12H2,(H,28,30). The van der Waals surface area contributed by atoms with Gasteiger partial charge in [-0.15, -0.1) is 0 Å². The fourth-order valence-corrected chi connectivity index (χ4v) is 4.37. The smallest absolute Gasteiger partial charge is 0.322 e. The summed E-state index contributed by atoms with van der Waals surface area (Å²) in [6, 6.07) is 14.7. The van der Waals surface area contributed by atoms with E-state index < -0.39 is 5.82 Å². The van der Waals surface area contributed by atoms with Crippen molar-refractivity contribution in [1.29, 1.82) is 0 Å². The molecule has 0 saturated heterocycles. The van der Waals surface area contributed by atoms with E-state index in [4.69, 9.17) is 21.1 Å². The predicted octanol–water partition coefficient (Wildman–Crippen LogP) is 5.90. The molecule has 3 heterocycles. The molecule has 2 aliphatic rings. The number of anilines is 1. The van der Waals surface area contributed by atoms with Gasteiger partial charge in [0.25, 0.3) is 0 Å². The number of carbonyl (C=O) groups excluding carboxylic acids is 1. The summed E-state index contributed by atoms with van der Waals surface area (Å²) in [4.78, 5) is 17.6. The fourth-order valence-electron chi connectivity index (χ4n) is 4.21. The van der Waals surface area contributed by atoms with E-state index in [1.54, 1.807) is 11.1 Å². The molecule has 0 radical (unpaired) electrons. The van der Waals surface area contributed by atoms with Gasteiger partial charge in [0.05, 0.1) is 16.2 Å². The first-order valence-electron chi connectivity index (χ1n) is 10.1. The molecular formula is C24H17ClFN3O3. The minimum Gasteiger partial charge on any atom is -0.454 e. The second-order valence-electron chi connectivity index (χ2n) is 7.85. The van der Waals surface area contributed by atoms with E-state index in [1.165, 1.54) is 12.1 Å². The van der Waals surface area contributed by atoms with E-state index in [1.807, 2.05) is 24.3 Å². The highest BCUT2D eigenvalue weighted by Crippen LogP contribution is 2.37. The van der Waals surface area contributed by atoms with Gasteiger partial charge in [0, 0.05) is 24.7 Å². The monoisotopic (exact) mass is 449 g/mol. The minimum absolute atomic E-state index is 0.0113. The van der Waals surface area contributed by atoms with Crippen molar-refractivity contribution in [2.75, 3.05) is 12.1 Å². The number of aromatic nitrogens is 1. The van der Waals surface area contributed by atoms with Crippen molar-refractivity contribution in [3.63, 3.8) is 0 Å². The Kier molecular flexibility index (Phi) is 4.26. The lowest BCUT2D eigenvalue weighted by Crippen LogP contribution is -2.30. The summed E-state index contributed by atoms with van der Waals surface area (Å²) >= 11 is 5.91. The Morgan fingerprint density at radius 1 is 1.00 bits per heavy atom. The number of rotatable bonds is 2. The zero-order chi connectivity index (χ0) is 21.8. The number of amides is 2. The van der Waals surface area contributed by atoms with Crippen LogP contribution in [0, 0.1) is 5.82 Å². The molecule has 4 aromatic rings. The van der Waals surface area contributed by atoms with Crippen LogP contribution < -0.4 is 14.8 Å². The van der Waals surface area contributed by atoms with Gasteiger partial charge in [-0.05, 0) is 52.6 Å². The molecule has 1 aromatic heterocycles. The van der Waals surface area contributed by atoms with E-state index in [0.29, 0.717) is 29.7 Å². The Labute approximate surface area is 187 Å². The summed E-state index contributed by atoms with van der Waals surface area (Å²) < 4.78 is 24.5. The number of carbonyl (C=O) groups is 1. The maximum absolute atomic E-state index is 13.7. The number of fused-ring (bicyclic) bond motifs is 3. The number of urea groups is 1. The van der Waals surface area contributed by atoms with E-state index in [9.17, 15) is 9.18 Å². The first-order valence-corrected chi connectivity index (χ1v) is 10.5. The average molecular weight is 450 g/mol. The Hall–Kier alpha value is -3.71. The number of hydrogen-bond donors (Lipinski definition) is 2. The van der Waals surface area contributed by atoms with Gasteiger partial charge in [-0.1, -0.05) is 29.8 Å². The van der Waals surface area contributed by atoms with Crippen LogP contribution in [-0.4, -0.2) is 22.7 Å². The second kappa shape index (κ2) is 7.17. The quantitative estimate of drug-likeness (QED) is 0.400.